The lowest BCUT2D eigenvalue weighted by Gasteiger charge is -2.41. The van der Waals surface area contributed by atoms with Gasteiger partial charge in [0.05, 0.1) is 5.38 Å². The Kier molecular flexibility index (Phi) is 3.77. The molecule has 0 nitrogen and oxygen atoms in total. The zero-order valence-electron chi connectivity index (χ0n) is 12.4. The molecular formula is C19H23Cl. The molecule has 1 fully saturated rings. The van der Waals surface area contributed by atoms with E-state index in [0.29, 0.717) is 11.3 Å². The van der Waals surface area contributed by atoms with Crippen molar-refractivity contribution in [1.29, 1.82) is 0 Å². The molecule has 0 radical (unpaired) electrons. The first-order valence-electron chi connectivity index (χ1n) is 7.71. The molecule has 0 spiro atoms. The van der Waals surface area contributed by atoms with Gasteiger partial charge in [-0.15, -0.1) is 11.6 Å². The Morgan fingerprint density at radius 3 is 2.60 bits per heavy atom. The van der Waals surface area contributed by atoms with E-state index in [9.17, 15) is 0 Å². The lowest BCUT2D eigenvalue weighted by Crippen LogP contribution is -2.30. The van der Waals surface area contributed by atoms with Gasteiger partial charge in [-0.2, -0.15) is 0 Å². The lowest BCUT2D eigenvalue weighted by atomic mass is 9.66. The van der Waals surface area contributed by atoms with Crippen molar-refractivity contribution < 1.29 is 0 Å². The number of fused-ring (bicyclic) bond motifs is 1. The SMILES string of the molecule is CC1(C)CCCCC1C(Cl)c1cccc2ccccc12. The average molecular weight is 287 g/mol. The molecule has 20 heavy (non-hydrogen) atoms. The molecule has 2 aromatic carbocycles. The fourth-order valence-corrected chi connectivity index (χ4v) is 4.43. The summed E-state index contributed by atoms with van der Waals surface area (Å²) in [7, 11) is 0. The molecule has 1 saturated carbocycles. The minimum Gasteiger partial charge on any atom is -0.117 e. The summed E-state index contributed by atoms with van der Waals surface area (Å²) in [6.45, 7) is 4.77. The molecule has 0 aliphatic heterocycles. The van der Waals surface area contributed by atoms with Crippen LogP contribution in [-0.2, 0) is 0 Å². The highest BCUT2D eigenvalue weighted by atomic mass is 35.5. The fourth-order valence-electron chi connectivity index (χ4n) is 3.77. The summed E-state index contributed by atoms with van der Waals surface area (Å²) in [5.74, 6) is 0.573. The molecule has 0 N–H and O–H groups in total. The second-order valence-electron chi connectivity index (χ2n) is 6.81. The van der Waals surface area contributed by atoms with E-state index in [4.69, 9.17) is 11.6 Å². The first-order valence-corrected chi connectivity index (χ1v) is 8.15. The van der Waals surface area contributed by atoms with Crippen LogP contribution in [0, 0.1) is 11.3 Å². The molecule has 2 atom stereocenters. The predicted octanol–water partition coefficient (Wildman–Crippen LogP) is 6.34. The lowest BCUT2D eigenvalue weighted by molar-refractivity contribution is 0.133. The van der Waals surface area contributed by atoms with Crippen molar-refractivity contribution >= 4 is 22.4 Å². The summed E-state index contributed by atoms with van der Waals surface area (Å²) in [6, 6.07) is 15.1. The number of rotatable bonds is 2. The number of hydrogen-bond donors (Lipinski definition) is 0. The molecule has 0 aromatic heterocycles. The molecule has 0 amide bonds. The van der Waals surface area contributed by atoms with E-state index in [0.717, 1.165) is 0 Å². The van der Waals surface area contributed by atoms with E-state index in [1.807, 2.05) is 0 Å². The highest BCUT2D eigenvalue weighted by Crippen LogP contribution is 2.50. The molecule has 1 heteroatoms. The van der Waals surface area contributed by atoms with Crippen LogP contribution in [0.1, 0.15) is 50.5 Å². The van der Waals surface area contributed by atoms with Gasteiger partial charge in [0, 0.05) is 0 Å². The van der Waals surface area contributed by atoms with Crippen molar-refractivity contribution in [2.24, 2.45) is 11.3 Å². The smallest absolute Gasteiger partial charge is 0.0624 e. The third-order valence-corrected chi connectivity index (χ3v) is 5.60. The van der Waals surface area contributed by atoms with Gasteiger partial charge in [-0.25, -0.2) is 0 Å². The first-order chi connectivity index (χ1) is 9.59. The van der Waals surface area contributed by atoms with Crippen LogP contribution in [0.15, 0.2) is 42.5 Å². The van der Waals surface area contributed by atoms with Gasteiger partial charge in [-0.1, -0.05) is 69.2 Å². The third-order valence-electron chi connectivity index (χ3n) is 5.06. The maximum Gasteiger partial charge on any atom is 0.0624 e. The van der Waals surface area contributed by atoms with E-state index in [1.165, 1.54) is 42.0 Å². The quantitative estimate of drug-likeness (QED) is 0.565. The second-order valence-corrected chi connectivity index (χ2v) is 7.28. The molecule has 0 saturated heterocycles. The van der Waals surface area contributed by atoms with Gasteiger partial charge in [0.15, 0.2) is 0 Å². The van der Waals surface area contributed by atoms with Crippen LogP contribution in [0.3, 0.4) is 0 Å². The van der Waals surface area contributed by atoms with Crippen LogP contribution in [0.2, 0.25) is 0 Å². The standard InChI is InChI=1S/C19H23Cl/c1-19(2)13-6-5-12-17(19)18(20)16-11-7-9-14-8-3-4-10-15(14)16/h3-4,7-11,17-18H,5-6,12-13H2,1-2H3. The minimum atomic E-state index is 0.122. The number of hydrogen-bond acceptors (Lipinski definition) is 0. The zero-order chi connectivity index (χ0) is 14.2. The fraction of sp³-hybridized carbons (Fsp3) is 0.474. The minimum absolute atomic E-state index is 0.122. The highest BCUT2D eigenvalue weighted by molar-refractivity contribution is 6.22. The highest BCUT2D eigenvalue weighted by Gasteiger charge is 2.37. The first kappa shape index (κ1) is 13.9. The predicted molar refractivity (Wildman–Crippen MR) is 88.3 cm³/mol. The molecule has 2 aromatic rings. The van der Waals surface area contributed by atoms with E-state index >= 15 is 0 Å². The van der Waals surface area contributed by atoms with Gasteiger partial charge in [-0.05, 0) is 40.5 Å². The van der Waals surface area contributed by atoms with Crippen molar-refractivity contribution in [3.63, 3.8) is 0 Å². The molecule has 1 aliphatic rings. The van der Waals surface area contributed by atoms with Crippen LogP contribution in [0.4, 0.5) is 0 Å². The Bertz CT molecular complexity index is 594. The van der Waals surface area contributed by atoms with Crippen molar-refractivity contribution in [2.75, 3.05) is 0 Å². The van der Waals surface area contributed by atoms with E-state index in [-0.39, 0.29) is 5.38 Å². The summed E-state index contributed by atoms with van der Waals surface area (Å²) in [5.41, 5.74) is 1.66. The molecular weight excluding hydrogens is 264 g/mol. The maximum absolute atomic E-state index is 6.95. The van der Waals surface area contributed by atoms with Gasteiger partial charge < -0.3 is 0 Å². The van der Waals surface area contributed by atoms with Crippen LogP contribution >= 0.6 is 11.6 Å². The van der Waals surface area contributed by atoms with Crippen LogP contribution in [0.25, 0.3) is 10.8 Å². The van der Waals surface area contributed by atoms with Crippen molar-refractivity contribution in [3.05, 3.63) is 48.0 Å². The largest absolute Gasteiger partial charge is 0.117 e. The van der Waals surface area contributed by atoms with Gasteiger partial charge in [0.25, 0.3) is 0 Å². The molecule has 106 valence electrons. The van der Waals surface area contributed by atoms with Crippen LogP contribution in [-0.4, -0.2) is 0 Å². The van der Waals surface area contributed by atoms with Gasteiger partial charge >= 0.3 is 0 Å². The number of halogens is 1. The van der Waals surface area contributed by atoms with Gasteiger partial charge in [0.2, 0.25) is 0 Å². The van der Waals surface area contributed by atoms with Crippen LogP contribution in [0.5, 0.6) is 0 Å². The van der Waals surface area contributed by atoms with E-state index in [2.05, 4.69) is 56.3 Å². The normalized spacial score (nSPS) is 23.6. The summed E-state index contributed by atoms with van der Waals surface area (Å²) in [6.07, 6.45) is 5.22. The summed E-state index contributed by atoms with van der Waals surface area (Å²) in [4.78, 5) is 0. The van der Waals surface area contributed by atoms with Crippen LogP contribution < -0.4 is 0 Å². The molecule has 3 rings (SSSR count). The Morgan fingerprint density at radius 1 is 1.05 bits per heavy atom. The Labute approximate surface area is 127 Å². The van der Waals surface area contributed by atoms with Crippen molar-refractivity contribution in [3.8, 4) is 0 Å². The van der Waals surface area contributed by atoms with E-state index < -0.39 is 0 Å². The number of benzene rings is 2. The average Bonchev–Trinajstić information content (AvgIpc) is 2.45. The summed E-state index contributed by atoms with van der Waals surface area (Å²) < 4.78 is 0. The Morgan fingerprint density at radius 2 is 1.80 bits per heavy atom. The van der Waals surface area contributed by atoms with Gasteiger partial charge in [0.1, 0.15) is 0 Å². The monoisotopic (exact) mass is 286 g/mol. The zero-order valence-corrected chi connectivity index (χ0v) is 13.2. The molecule has 0 heterocycles. The van der Waals surface area contributed by atoms with Crippen molar-refractivity contribution in [1.82, 2.24) is 0 Å². The molecule has 1 aliphatic carbocycles. The summed E-state index contributed by atoms with van der Waals surface area (Å²) >= 11 is 6.95. The maximum atomic E-state index is 6.95. The third kappa shape index (κ3) is 2.46. The summed E-state index contributed by atoms with van der Waals surface area (Å²) in [5, 5.41) is 2.73. The Hall–Kier alpha value is -1.01. The second kappa shape index (κ2) is 5.41. The molecule has 0 bridgehead atoms. The topological polar surface area (TPSA) is 0 Å². The number of alkyl halides is 1. The molecule has 2 unspecified atom stereocenters. The van der Waals surface area contributed by atoms with Crippen molar-refractivity contribution in [2.45, 2.75) is 44.9 Å². The van der Waals surface area contributed by atoms with Gasteiger partial charge in [-0.3, -0.25) is 0 Å². The Balaban J connectivity index is 2.02. The van der Waals surface area contributed by atoms with E-state index in [1.54, 1.807) is 0 Å².